The first-order chi connectivity index (χ1) is 11.1. The minimum atomic E-state index is -0.230. The van der Waals surface area contributed by atoms with Crippen molar-refractivity contribution in [2.75, 3.05) is 24.5 Å². The molecule has 3 rings (SSSR count). The van der Waals surface area contributed by atoms with Gasteiger partial charge in [0.15, 0.2) is 0 Å². The molecule has 0 radical (unpaired) electrons. The fourth-order valence-electron chi connectivity index (χ4n) is 2.76. The summed E-state index contributed by atoms with van der Waals surface area (Å²) in [5.74, 6) is -0.0247. The highest BCUT2D eigenvalue weighted by atomic mass is 35.5. The third-order valence-corrected chi connectivity index (χ3v) is 4.20. The Morgan fingerprint density at radius 1 is 1.35 bits per heavy atom. The van der Waals surface area contributed by atoms with Crippen LogP contribution in [0.3, 0.4) is 0 Å². The molecule has 1 N–H and O–H groups in total. The van der Waals surface area contributed by atoms with Crippen LogP contribution < -0.4 is 10.2 Å². The van der Waals surface area contributed by atoms with Gasteiger partial charge < -0.3 is 10.2 Å². The molecule has 1 aromatic heterocycles. The van der Waals surface area contributed by atoms with Crippen LogP contribution in [0, 0.1) is 11.7 Å². The average molecular weight is 334 g/mol. The quantitative estimate of drug-likeness (QED) is 0.935. The number of amides is 1. The standard InChI is InChI=1S/C17H17ClFN3O/c18-14-7-13(9-20-10-14)17(23)21-8-12-5-6-22(11-12)16-3-1-15(19)2-4-16/h1-4,7,9-10,12H,5-6,8,11H2,(H,21,23). The Bertz CT molecular complexity index is 692. The number of anilines is 1. The van der Waals surface area contributed by atoms with Crippen molar-refractivity contribution in [1.29, 1.82) is 0 Å². The molecule has 1 unspecified atom stereocenters. The van der Waals surface area contributed by atoms with E-state index in [1.807, 2.05) is 0 Å². The largest absolute Gasteiger partial charge is 0.371 e. The summed E-state index contributed by atoms with van der Waals surface area (Å²) >= 11 is 5.84. The van der Waals surface area contributed by atoms with Gasteiger partial charge in [-0.05, 0) is 42.7 Å². The molecule has 1 amide bonds. The molecule has 1 aliphatic rings. The van der Waals surface area contributed by atoms with Crippen LogP contribution in [0.1, 0.15) is 16.8 Å². The summed E-state index contributed by atoms with van der Waals surface area (Å²) in [6.07, 6.45) is 3.99. The molecule has 1 fully saturated rings. The van der Waals surface area contributed by atoms with Crippen LogP contribution in [0.25, 0.3) is 0 Å². The van der Waals surface area contributed by atoms with Gasteiger partial charge in [-0.2, -0.15) is 0 Å². The zero-order valence-electron chi connectivity index (χ0n) is 12.5. The van der Waals surface area contributed by atoms with Gasteiger partial charge in [-0.15, -0.1) is 0 Å². The van der Waals surface area contributed by atoms with Crippen molar-refractivity contribution in [2.45, 2.75) is 6.42 Å². The smallest absolute Gasteiger partial charge is 0.252 e. The number of nitrogens with one attached hydrogen (secondary N) is 1. The second-order valence-electron chi connectivity index (χ2n) is 5.68. The summed E-state index contributed by atoms with van der Waals surface area (Å²) in [5, 5.41) is 3.37. The summed E-state index contributed by atoms with van der Waals surface area (Å²) in [5.41, 5.74) is 1.48. The highest BCUT2D eigenvalue weighted by molar-refractivity contribution is 6.30. The molecule has 0 aliphatic carbocycles. The maximum Gasteiger partial charge on any atom is 0.252 e. The number of nitrogens with zero attached hydrogens (tertiary/aromatic N) is 2. The second kappa shape index (κ2) is 6.96. The topological polar surface area (TPSA) is 45.2 Å². The molecule has 1 aromatic carbocycles. The van der Waals surface area contributed by atoms with E-state index in [1.54, 1.807) is 18.2 Å². The van der Waals surface area contributed by atoms with Crippen molar-refractivity contribution in [3.05, 3.63) is 59.1 Å². The van der Waals surface area contributed by atoms with Crippen LogP contribution in [0.5, 0.6) is 0 Å². The number of carbonyl (C=O) groups is 1. The normalized spacial score (nSPS) is 17.3. The molecular formula is C17H17ClFN3O. The van der Waals surface area contributed by atoms with E-state index in [0.29, 0.717) is 23.0 Å². The van der Waals surface area contributed by atoms with Gasteiger partial charge in [-0.3, -0.25) is 9.78 Å². The van der Waals surface area contributed by atoms with Gasteiger partial charge in [-0.25, -0.2) is 4.39 Å². The van der Waals surface area contributed by atoms with Gasteiger partial charge >= 0.3 is 0 Å². The molecule has 4 nitrogen and oxygen atoms in total. The zero-order valence-corrected chi connectivity index (χ0v) is 13.3. The lowest BCUT2D eigenvalue weighted by Crippen LogP contribution is -2.31. The Morgan fingerprint density at radius 2 is 2.13 bits per heavy atom. The molecular weight excluding hydrogens is 317 g/mol. The molecule has 1 saturated heterocycles. The van der Waals surface area contributed by atoms with Gasteiger partial charge in [-0.1, -0.05) is 11.6 Å². The molecule has 23 heavy (non-hydrogen) atoms. The van der Waals surface area contributed by atoms with Crippen LogP contribution >= 0.6 is 11.6 Å². The van der Waals surface area contributed by atoms with Crippen LogP contribution in [-0.2, 0) is 0 Å². The lowest BCUT2D eigenvalue weighted by Gasteiger charge is -2.18. The molecule has 120 valence electrons. The van der Waals surface area contributed by atoms with Crippen molar-refractivity contribution in [2.24, 2.45) is 5.92 Å². The molecule has 2 aromatic rings. The van der Waals surface area contributed by atoms with E-state index < -0.39 is 0 Å². The first-order valence-electron chi connectivity index (χ1n) is 7.51. The van der Waals surface area contributed by atoms with E-state index in [0.717, 1.165) is 25.2 Å². The minimum absolute atomic E-state index is 0.166. The number of hydrogen-bond donors (Lipinski definition) is 1. The number of pyridine rings is 1. The van der Waals surface area contributed by atoms with E-state index in [4.69, 9.17) is 11.6 Å². The van der Waals surface area contributed by atoms with Gasteiger partial charge in [0.05, 0.1) is 10.6 Å². The van der Waals surface area contributed by atoms with Crippen molar-refractivity contribution in [3.8, 4) is 0 Å². The molecule has 6 heteroatoms. The van der Waals surface area contributed by atoms with E-state index in [-0.39, 0.29) is 11.7 Å². The predicted octanol–water partition coefficient (Wildman–Crippen LogP) is 3.13. The summed E-state index contributed by atoms with van der Waals surface area (Å²) in [6, 6.07) is 8.11. The lowest BCUT2D eigenvalue weighted by atomic mass is 10.1. The van der Waals surface area contributed by atoms with Crippen molar-refractivity contribution < 1.29 is 9.18 Å². The van der Waals surface area contributed by atoms with Crippen LogP contribution in [0.15, 0.2) is 42.7 Å². The van der Waals surface area contributed by atoms with Crippen LogP contribution in [-0.4, -0.2) is 30.5 Å². The Kier molecular flexibility index (Phi) is 4.76. The van der Waals surface area contributed by atoms with E-state index >= 15 is 0 Å². The van der Waals surface area contributed by atoms with Crippen LogP contribution in [0.4, 0.5) is 10.1 Å². The Labute approximate surface area is 139 Å². The van der Waals surface area contributed by atoms with Crippen molar-refractivity contribution in [3.63, 3.8) is 0 Å². The molecule has 0 saturated carbocycles. The summed E-state index contributed by atoms with van der Waals surface area (Å²) < 4.78 is 13.0. The Balaban J connectivity index is 1.52. The third kappa shape index (κ3) is 3.99. The first-order valence-corrected chi connectivity index (χ1v) is 7.89. The SMILES string of the molecule is O=C(NCC1CCN(c2ccc(F)cc2)C1)c1cncc(Cl)c1. The summed E-state index contributed by atoms with van der Waals surface area (Å²) in [7, 11) is 0. The second-order valence-corrected chi connectivity index (χ2v) is 6.12. The fourth-order valence-corrected chi connectivity index (χ4v) is 2.93. The highest BCUT2D eigenvalue weighted by Crippen LogP contribution is 2.23. The fraction of sp³-hybridized carbons (Fsp3) is 0.294. The number of hydrogen-bond acceptors (Lipinski definition) is 3. The molecule has 0 spiro atoms. The first kappa shape index (κ1) is 15.7. The molecule has 0 bridgehead atoms. The average Bonchev–Trinajstić information content (AvgIpc) is 3.02. The monoisotopic (exact) mass is 333 g/mol. The van der Waals surface area contributed by atoms with Crippen molar-refractivity contribution >= 4 is 23.2 Å². The zero-order chi connectivity index (χ0) is 16.2. The summed E-state index contributed by atoms with van der Waals surface area (Å²) in [6.45, 7) is 2.35. The summed E-state index contributed by atoms with van der Waals surface area (Å²) in [4.78, 5) is 18.2. The minimum Gasteiger partial charge on any atom is -0.371 e. The molecule has 1 aliphatic heterocycles. The van der Waals surface area contributed by atoms with Gasteiger partial charge in [0.2, 0.25) is 0 Å². The Morgan fingerprint density at radius 3 is 2.87 bits per heavy atom. The third-order valence-electron chi connectivity index (χ3n) is 4.00. The van der Waals surface area contributed by atoms with E-state index in [1.165, 1.54) is 24.5 Å². The van der Waals surface area contributed by atoms with Gasteiger partial charge in [0.25, 0.3) is 5.91 Å². The highest BCUT2D eigenvalue weighted by Gasteiger charge is 2.23. The van der Waals surface area contributed by atoms with E-state index in [2.05, 4.69) is 15.2 Å². The number of carbonyl (C=O) groups excluding carboxylic acids is 1. The number of benzene rings is 1. The van der Waals surface area contributed by atoms with Crippen LogP contribution in [0.2, 0.25) is 5.02 Å². The lowest BCUT2D eigenvalue weighted by molar-refractivity contribution is 0.0948. The van der Waals surface area contributed by atoms with Gasteiger partial charge in [0.1, 0.15) is 5.82 Å². The van der Waals surface area contributed by atoms with E-state index in [9.17, 15) is 9.18 Å². The predicted molar refractivity (Wildman–Crippen MR) is 88.3 cm³/mol. The maximum atomic E-state index is 13.0. The maximum absolute atomic E-state index is 13.0. The van der Waals surface area contributed by atoms with Crippen molar-refractivity contribution in [1.82, 2.24) is 10.3 Å². The number of halogens is 2. The molecule has 2 heterocycles. The molecule has 1 atom stereocenters. The van der Waals surface area contributed by atoms with Gasteiger partial charge in [0, 0.05) is 37.7 Å². The Hall–Kier alpha value is -2.14. The number of rotatable bonds is 4. The number of aromatic nitrogens is 1.